The van der Waals surface area contributed by atoms with E-state index in [1.807, 2.05) is 54.6 Å². The fourth-order valence-corrected chi connectivity index (χ4v) is 2.49. The van der Waals surface area contributed by atoms with Crippen molar-refractivity contribution in [2.45, 2.75) is 13.1 Å². The van der Waals surface area contributed by atoms with Crippen molar-refractivity contribution in [2.75, 3.05) is 0 Å². The second-order valence-corrected chi connectivity index (χ2v) is 4.92. The van der Waals surface area contributed by atoms with Gasteiger partial charge in [-0.1, -0.05) is 48.5 Å². The van der Waals surface area contributed by atoms with E-state index in [9.17, 15) is 9.90 Å². The summed E-state index contributed by atoms with van der Waals surface area (Å²) in [7, 11) is 0. The summed E-state index contributed by atoms with van der Waals surface area (Å²) >= 11 is 0. The number of fused-ring (bicyclic) bond motifs is 1. The molecule has 0 aliphatic heterocycles. The summed E-state index contributed by atoms with van der Waals surface area (Å²) in [5, 5.41) is 13.6. The van der Waals surface area contributed by atoms with E-state index in [1.165, 1.54) is 5.56 Å². The molecule has 2 aromatic carbocycles. The third kappa shape index (κ3) is 2.80. The van der Waals surface area contributed by atoms with Gasteiger partial charge in [0, 0.05) is 29.6 Å². The summed E-state index contributed by atoms with van der Waals surface area (Å²) < 4.78 is 0. The van der Waals surface area contributed by atoms with Crippen molar-refractivity contribution in [3.63, 3.8) is 0 Å². The Bertz CT molecular complexity index is 763. The number of rotatable bonds is 5. The molecule has 0 spiro atoms. The molecule has 1 aromatic heterocycles. The molecule has 4 heteroatoms. The van der Waals surface area contributed by atoms with E-state index in [1.54, 1.807) is 0 Å². The van der Waals surface area contributed by atoms with Crippen molar-refractivity contribution in [3.05, 3.63) is 71.4 Å². The number of carbonyl (C=O) groups is 1. The summed E-state index contributed by atoms with van der Waals surface area (Å²) in [6.45, 7) is 1.22. The van der Waals surface area contributed by atoms with E-state index in [4.69, 9.17) is 0 Å². The van der Waals surface area contributed by atoms with E-state index >= 15 is 0 Å². The molecule has 0 unspecified atom stereocenters. The van der Waals surface area contributed by atoms with Gasteiger partial charge in [-0.3, -0.25) is 0 Å². The summed E-state index contributed by atoms with van der Waals surface area (Å²) in [6, 6.07) is 17.7. The maximum atomic E-state index is 11.4. The van der Waals surface area contributed by atoms with Crippen LogP contribution >= 0.6 is 0 Å². The summed E-state index contributed by atoms with van der Waals surface area (Å²) in [6.07, 6.45) is 0. The van der Waals surface area contributed by atoms with Gasteiger partial charge in [0.05, 0.1) is 0 Å². The first-order valence-corrected chi connectivity index (χ1v) is 6.83. The van der Waals surface area contributed by atoms with Crippen molar-refractivity contribution in [1.82, 2.24) is 10.3 Å². The number of aromatic amines is 1. The number of benzene rings is 2. The van der Waals surface area contributed by atoms with Crippen molar-refractivity contribution in [3.8, 4) is 0 Å². The number of aromatic carboxylic acids is 1. The van der Waals surface area contributed by atoms with Gasteiger partial charge in [-0.2, -0.15) is 0 Å². The molecule has 0 bridgehead atoms. The SMILES string of the molecule is O=C(O)c1[nH]c2ccccc2c1CNCc1ccccc1. The van der Waals surface area contributed by atoms with Gasteiger partial charge in [-0.15, -0.1) is 0 Å². The zero-order valence-electron chi connectivity index (χ0n) is 11.5. The van der Waals surface area contributed by atoms with Gasteiger partial charge >= 0.3 is 5.97 Å². The molecule has 0 atom stereocenters. The Balaban J connectivity index is 1.82. The van der Waals surface area contributed by atoms with Gasteiger partial charge in [-0.05, 0) is 11.6 Å². The predicted octanol–water partition coefficient (Wildman–Crippen LogP) is 3.16. The van der Waals surface area contributed by atoms with Gasteiger partial charge < -0.3 is 15.4 Å². The zero-order valence-corrected chi connectivity index (χ0v) is 11.5. The van der Waals surface area contributed by atoms with Gasteiger partial charge in [0.25, 0.3) is 0 Å². The fourth-order valence-electron chi connectivity index (χ4n) is 2.49. The lowest BCUT2D eigenvalue weighted by atomic mass is 10.1. The molecule has 3 aromatic rings. The molecule has 0 saturated heterocycles. The molecular formula is C17H16N2O2. The molecule has 106 valence electrons. The molecule has 21 heavy (non-hydrogen) atoms. The second kappa shape index (κ2) is 5.81. The number of carboxylic acids is 1. The van der Waals surface area contributed by atoms with Crippen LogP contribution in [0.2, 0.25) is 0 Å². The molecule has 4 nitrogen and oxygen atoms in total. The van der Waals surface area contributed by atoms with Crippen LogP contribution in [0.5, 0.6) is 0 Å². The molecular weight excluding hydrogens is 264 g/mol. The van der Waals surface area contributed by atoms with Crippen molar-refractivity contribution >= 4 is 16.9 Å². The monoisotopic (exact) mass is 280 g/mol. The third-order valence-corrected chi connectivity index (χ3v) is 3.50. The molecule has 0 aliphatic carbocycles. The van der Waals surface area contributed by atoms with Crippen LogP contribution in [-0.2, 0) is 13.1 Å². The molecule has 3 N–H and O–H groups in total. The van der Waals surface area contributed by atoms with Crippen molar-refractivity contribution in [2.24, 2.45) is 0 Å². The molecule has 0 amide bonds. The largest absolute Gasteiger partial charge is 0.477 e. The molecule has 1 heterocycles. The molecule has 0 fully saturated rings. The zero-order chi connectivity index (χ0) is 14.7. The Morgan fingerprint density at radius 1 is 1.00 bits per heavy atom. The number of hydrogen-bond acceptors (Lipinski definition) is 2. The second-order valence-electron chi connectivity index (χ2n) is 4.92. The van der Waals surface area contributed by atoms with Gasteiger partial charge in [-0.25, -0.2) is 4.79 Å². The number of aromatic nitrogens is 1. The van der Waals surface area contributed by atoms with Crippen LogP contribution in [0.15, 0.2) is 54.6 Å². The Morgan fingerprint density at radius 2 is 1.71 bits per heavy atom. The molecule has 0 radical (unpaired) electrons. The predicted molar refractivity (Wildman–Crippen MR) is 82.2 cm³/mol. The Kier molecular flexibility index (Phi) is 3.71. The Hall–Kier alpha value is -2.59. The normalized spacial score (nSPS) is 10.9. The summed E-state index contributed by atoms with van der Waals surface area (Å²) in [5.74, 6) is -0.928. The van der Waals surface area contributed by atoms with Crippen LogP contribution in [0, 0.1) is 0 Å². The Labute approximate surface area is 122 Å². The first-order valence-electron chi connectivity index (χ1n) is 6.83. The van der Waals surface area contributed by atoms with Crippen LogP contribution in [0.25, 0.3) is 10.9 Å². The number of hydrogen-bond donors (Lipinski definition) is 3. The quantitative estimate of drug-likeness (QED) is 0.672. The first kappa shape index (κ1) is 13.4. The van der Waals surface area contributed by atoms with Gasteiger partial charge in [0.1, 0.15) is 5.69 Å². The van der Waals surface area contributed by atoms with E-state index in [-0.39, 0.29) is 5.69 Å². The maximum Gasteiger partial charge on any atom is 0.352 e. The number of nitrogens with one attached hydrogen (secondary N) is 2. The highest BCUT2D eigenvalue weighted by molar-refractivity contribution is 5.97. The highest BCUT2D eigenvalue weighted by Gasteiger charge is 2.16. The van der Waals surface area contributed by atoms with E-state index < -0.39 is 5.97 Å². The maximum absolute atomic E-state index is 11.4. The lowest BCUT2D eigenvalue weighted by Gasteiger charge is -2.05. The van der Waals surface area contributed by atoms with Crippen molar-refractivity contribution in [1.29, 1.82) is 0 Å². The summed E-state index contributed by atoms with van der Waals surface area (Å²) in [4.78, 5) is 14.3. The molecule has 0 saturated carbocycles. The van der Waals surface area contributed by atoms with Gasteiger partial charge in [0.2, 0.25) is 0 Å². The molecule has 3 rings (SSSR count). The van der Waals surface area contributed by atoms with Gasteiger partial charge in [0.15, 0.2) is 0 Å². The lowest BCUT2D eigenvalue weighted by molar-refractivity contribution is 0.0690. The average molecular weight is 280 g/mol. The highest BCUT2D eigenvalue weighted by Crippen LogP contribution is 2.22. The van der Waals surface area contributed by atoms with Crippen LogP contribution in [0.4, 0.5) is 0 Å². The number of carboxylic acid groups (broad SMARTS) is 1. The first-order chi connectivity index (χ1) is 10.3. The van der Waals surface area contributed by atoms with E-state index in [0.717, 1.165) is 16.5 Å². The minimum Gasteiger partial charge on any atom is -0.477 e. The van der Waals surface area contributed by atoms with Crippen LogP contribution in [-0.4, -0.2) is 16.1 Å². The van der Waals surface area contributed by atoms with Crippen molar-refractivity contribution < 1.29 is 9.90 Å². The van der Waals surface area contributed by atoms with Crippen LogP contribution < -0.4 is 5.32 Å². The summed E-state index contributed by atoms with van der Waals surface area (Å²) in [5.41, 5.74) is 3.09. The van der Waals surface area contributed by atoms with Crippen LogP contribution in [0.3, 0.4) is 0 Å². The lowest BCUT2D eigenvalue weighted by Crippen LogP contribution is -2.14. The van der Waals surface area contributed by atoms with E-state index in [2.05, 4.69) is 10.3 Å². The fraction of sp³-hybridized carbons (Fsp3) is 0.118. The molecule has 0 aliphatic rings. The standard InChI is InChI=1S/C17H16N2O2/c20-17(21)16-14(13-8-4-5-9-15(13)19-16)11-18-10-12-6-2-1-3-7-12/h1-9,18-19H,10-11H2,(H,20,21). The third-order valence-electron chi connectivity index (χ3n) is 3.50. The number of H-pyrrole nitrogens is 1. The topological polar surface area (TPSA) is 65.1 Å². The minimum absolute atomic E-state index is 0.261. The average Bonchev–Trinajstić information content (AvgIpc) is 2.88. The number of para-hydroxylation sites is 1. The minimum atomic E-state index is -0.928. The Morgan fingerprint density at radius 3 is 2.48 bits per heavy atom. The van der Waals surface area contributed by atoms with Crippen LogP contribution in [0.1, 0.15) is 21.6 Å². The highest BCUT2D eigenvalue weighted by atomic mass is 16.4. The van der Waals surface area contributed by atoms with E-state index in [0.29, 0.717) is 13.1 Å². The smallest absolute Gasteiger partial charge is 0.352 e.